The average Bonchev–Trinajstić information content (AvgIpc) is 2.52. The lowest BCUT2D eigenvalue weighted by Crippen LogP contribution is -2.25. The molecule has 0 saturated carbocycles. The number of nitro benzene ring substituents is 1. The second-order valence-corrected chi connectivity index (χ2v) is 5.19. The van der Waals surface area contributed by atoms with Gasteiger partial charge in [0, 0.05) is 18.3 Å². The zero-order valence-electron chi connectivity index (χ0n) is 12.6. The van der Waals surface area contributed by atoms with Gasteiger partial charge >= 0.3 is 0 Å². The van der Waals surface area contributed by atoms with Crippen LogP contribution in [0, 0.1) is 17.0 Å². The topological polar surface area (TPSA) is 92.5 Å². The average molecular weight is 329 g/mol. The Balaban J connectivity index is 1.98. The number of aromatic nitrogens is 1. The molecule has 1 aromatic carbocycles. The summed E-state index contributed by atoms with van der Waals surface area (Å²) in [5.74, 6) is 0.630. The van der Waals surface area contributed by atoms with E-state index in [1.54, 1.807) is 25.3 Å². The van der Waals surface area contributed by atoms with Gasteiger partial charge in [0.25, 0.3) is 5.69 Å². The van der Waals surface area contributed by atoms with E-state index in [0.29, 0.717) is 16.6 Å². The molecule has 0 atom stereocenters. The molecule has 0 aliphatic rings. The summed E-state index contributed by atoms with van der Waals surface area (Å²) in [5.41, 5.74) is 5.24. The Labute approximate surface area is 138 Å². The van der Waals surface area contributed by atoms with Crippen molar-refractivity contribution in [2.45, 2.75) is 13.8 Å². The van der Waals surface area contributed by atoms with Crippen LogP contribution in [0.1, 0.15) is 18.1 Å². The summed E-state index contributed by atoms with van der Waals surface area (Å²) >= 11 is 5.14. The van der Waals surface area contributed by atoms with Gasteiger partial charge < -0.3 is 5.32 Å². The van der Waals surface area contributed by atoms with Crippen molar-refractivity contribution in [3.8, 4) is 0 Å². The van der Waals surface area contributed by atoms with Crippen LogP contribution < -0.4 is 10.7 Å². The van der Waals surface area contributed by atoms with Gasteiger partial charge in [-0.2, -0.15) is 5.10 Å². The number of nitrogens with one attached hydrogen (secondary N) is 2. The highest BCUT2D eigenvalue weighted by Crippen LogP contribution is 2.12. The third-order valence-electron chi connectivity index (χ3n) is 2.98. The van der Waals surface area contributed by atoms with Crippen LogP contribution in [-0.4, -0.2) is 20.7 Å². The summed E-state index contributed by atoms with van der Waals surface area (Å²) in [6, 6.07) is 9.89. The quantitative estimate of drug-likeness (QED) is 0.388. The van der Waals surface area contributed by atoms with Crippen LogP contribution >= 0.6 is 12.2 Å². The van der Waals surface area contributed by atoms with Gasteiger partial charge in [0.15, 0.2) is 5.11 Å². The van der Waals surface area contributed by atoms with Crippen molar-refractivity contribution in [3.05, 3.63) is 63.8 Å². The van der Waals surface area contributed by atoms with E-state index in [1.807, 2.05) is 19.1 Å². The van der Waals surface area contributed by atoms with Crippen molar-refractivity contribution in [1.82, 2.24) is 10.4 Å². The Kier molecular flexibility index (Phi) is 5.32. The number of hydrogen-bond acceptors (Lipinski definition) is 5. The molecule has 0 spiro atoms. The minimum absolute atomic E-state index is 0.0391. The highest BCUT2D eigenvalue weighted by atomic mass is 32.1. The Morgan fingerprint density at radius 3 is 2.61 bits per heavy atom. The molecule has 8 heteroatoms. The predicted octanol–water partition coefficient (Wildman–Crippen LogP) is 3.01. The van der Waals surface area contributed by atoms with Crippen LogP contribution in [-0.2, 0) is 0 Å². The highest BCUT2D eigenvalue weighted by molar-refractivity contribution is 7.80. The Morgan fingerprint density at radius 2 is 2.00 bits per heavy atom. The number of hydrazone groups is 1. The zero-order chi connectivity index (χ0) is 16.8. The monoisotopic (exact) mass is 329 g/mol. The van der Waals surface area contributed by atoms with E-state index in [4.69, 9.17) is 12.2 Å². The molecule has 0 aliphatic heterocycles. The normalized spacial score (nSPS) is 11.0. The van der Waals surface area contributed by atoms with Gasteiger partial charge in [0.1, 0.15) is 5.82 Å². The van der Waals surface area contributed by atoms with E-state index in [0.717, 1.165) is 11.1 Å². The molecule has 23 heavy (non-hydrogen) atoms. The van der Waals surface area contributed by atoms with Crippen molar-refractivity contribution in [2.75, 3.05) is 5.32 Å². The third kappa shape index (κ3) is 4.82. The van der Waals surface area contributed by atoms with Crippen LogP contribution in [0.15, 0.2) is 47.7 Å². The number of nitro groups is 1. The number of pyridine rings is 1. The highest BCUT2D eigenvalue weighted by Gasteiger charge is 2.05. The SMILES string of the molecule is C/C(=N\NC(=S)Nc1cc(C)ccn1)c1ccc([N+](=O)[O-])cc1. The summed E-state index contributed by atoms with van der Waals surface area (Å²) in [7, 11) is 0. The zero-order valence-corrected chi connectivity index (χ0v) is 13.4. The molecular weight excluding hydrogens is 314 g/mol. The molecule has 0 bridgehead atoms. The summed E-state index contributed by atoms with van der Waals surface area (Å²) in [4.78, 5) is 14.3. The van der Waals surface area contributed by atoms with Crippen molar-refractivity contribution < 1.29 is 4.92 Å². The molecule has 2 rings (SSSR count). The first-order valence-corrected chi connectivity index (χ1v) is 7.15. The Hall–Kier alpha value is -2.87. The van der Waals surface area contributed by atoms with Gasteiger partial charge in [-0.1, -0.05) is 0 Å². The summed E-state index contributed by atoms with van der Waals surface area (Å²) in [6.45, 7) is 3.74. The number of anilines is 1. The largest absolute Gasteiger partial charge is 0.316 e. The van der Waals surface area contributed by atoms with Crippen LogP contribution in [0.3, 0.4) is 0 Å². The smallest absolute Gasteiger partial charge is 0.269 e. The molecule has 0 amide bonds. The standard InChI is InChI=1S/C15H15N5O2S/c1-10-7-8-16-14(9-10)17-15(23)19-18-11(2)12-3-5-13(6-4-12)20(21)22/h3-9H,1-2H3,(H2,16,17,19,23)/b18-11+. The lowest BCUT2D eigenvalue weighted by atomic mass is 10.1. The minimum atomic E-state index is -0.442. The van der Waals surface area contributed by atoms with E-state index in [9.17, 15) is 10.1 Å². The van der Waals surface area contributed by atoms with Crippen molar-refractivity contribution in [1.29, 1.82) is 0 Å². The molecular formula is C15H15N5O2S. The van der Waals surface area contributed by atoms with E-state index in [1.165, 1.54) is 12.1 Å². The maximum absolute atomic E-state index is 10.6. The fourth-order valence-electron chi connectivity index (χ4n) is 1.77. The lowest BCUT2D eigenvalue weighted by molar-refractivity contribution is -0.384. The van der Waals surface area contributed by atoms with Crippen LogP contribution in [0.2, 0.25) is 0 Å². The molecule has 0 fully saturated rings. The number of benzene rings is 1. The molecule has 1 heterocycles. The summed E-state index contributed by atoms with van der Waals surface area (Å²) in [6.07, 6.45) is 1.69. The number of nitrogens with zero attached hydrogens (tertiary/aromatic N) is 3. The van der Waals surface area contributed by atoms with Gasteiger partial charge in [-0.25, -0.2) is 4.98 Å². The van der Waals surface area contributed by atoms with Crippen LogP contribution in [0.25, 0.3) is 0 Å². The van der Waals surface area contributed by atoms with Crippen LogP contribution in [0.5, 0.6) is 0 Å². The van der Waals surface area contributed by atoms with Gasteiger partial charge in [-0.15, -0.1) is 0 Å². The summed E-state index contributed by atoms with van der Waals surface area (Å²) in [5, 5.41) is 18.0. The Bertz CT molecular complexity index is 759. The first-order valence-electron chi connectivity index (χ1n) is 6.74. The summed E-state index contributed by atoms with van der Waals surface area (Å²) < 4.78 is 0. The molecule has 0 unspecified atom stereocenters. The maximum atomic E-state index is 10.6. The second-order valence-electron chi connectivity index (χ2n) is 4.79. The van der Waals surface area contributed by atoms with E-state index >= 15 is 0 Å². The minimum Gasteiger partial charge on any atom is -0.316 e. The lowest BCUT2D eigenvalue weighted by Gasteiger charge is -2.07. The molecule has 7 nitrogen and oxygen atoms in total. The number of aryl methyl sites for hydroxylation is 1. The second kappa shape index (κ2) is 7.41. The first kappa shape index (κ1) is 16.5. The van der Waals surface area contributed by atoms with Gasteiger partial charge in [-0.05, 0) is 61.5 Å². The van der Waals surface area contributed by atoms with Gasteiger partial charge in [0.2, 0.25) is 0 Å². The molecule has 2 aromatic rings. The van der Waals surface area contributed by atoms with Crippen molar-refractivity contribution in [2.24, 2.45) is 5.10 Å². The Morgan fingerprint density at radius 1 is 1.30 bits per heavy atom. The number of thiocarbonyl (C=S) groups is 1. The van der Waals surface area contributed by atoms with Crippen molar-refractivity contribution in [3.63, 3.8) is 0 Å². The molecule has 118 valence electrons. The number of rotatable bonds is 4. The van der Waals surface area contributed by atoms with Gasteiger partial charge in [-0.3, -0.25) is 15.5 Å². The molecule has 2 N–H and O–H groups in total. The van der Waals surface area contributed by atoms with E-state index < -0.39 is 4.92 Å². The van der Waals surface area contributed by atoms with Gasteiger partial charge in [0.05, 0.1) is 10.6 Å². The first-order chi connectivity index (χ1) is 11.0. The van der Waals surface area contributed by atoms with Crippen LogP contribution in [0.4, 0.5) is 11.5 Å². The number of non-ortho nitro benzene ring substituents is 1. The fraction of sp³-hybridized carbons (Fsp3) is 0.133. The number of hydrogen-bond donors (Lipinski definition) is 2. The van der Waals surface area contributed by atoms with E-state index in [2.05, 4.69) is 20.8 Å². The molecule has 0 saturated heterocycles. The maximum Gasteiger partial charge on any atom is 0.269 e. The molecule has 0 radical (unpaired) electrons. The predicted molar refractivity (Wildman–Crippen MR) is 93.6 cm³/mol. The molecule has 1 aromatic heterocycles. The molecule has 0 aliphatic carbocycles. The third-order valence-corrected chi connectivity index (χ3v) is 3.17. The van der Waals surface area contributed by atoms with E-state index in [-0.39, 0.29) is 5.69 Å². The van der Waals surface area contributed by atoms with Crippen molar-refractivity contribution >= 4 is 34.5 Å². The fourth-order valence-corrected chi connectivity index (χ4v) is 1.92.